The molecule has 0 amide bonds. The molecule has 0 aromatic heterocycles. The SMILES string of the molecule is COc1c(Br)c(C)cc2c1C(C)(C)CCC2(C)C. The molecule has 100 valence electrons. The quantitative estimate of drug-likeness (QED) is 0.700. The van der Waals surface area contributed by atoms with Crippen molar-refractivity contribution in [2.45, 2.75) is 58.3 Å². The molecule has 0 fully saturated rings. The molecule has 0 bridgehead atoms. The van der Waals surface area contributed by atoms with Gasteiger partial charge >= 0.3 is 0 Å². The molecule has 0 aliphatic heterocycles. The van der Waals surface area contributed by atoms with Crippen molar-refractivity contribution < 1.29 is 4.74 Å². The van der Waals surface area contributed by atoms with E-state index in [1.54, 1.807) is 7.11 Å². The first-order valence-electron chi connectivity index (χ1n) is 6.59. The molecule has 1 aliphatic rings. The number of benzene rings is 1. The zero-order valence-corrected chi connectivity index (χ0v) is 13.9. The van der Waals surface area contributed by atoms with Gasteiger partial charge in [-0.1, -0.05) is 33.8 Å². The second-order valence-corrected chi connectivity index (χ2v) is 7.52. The van der Waals surface area contributed by atoms with Crippen molar-refractivity contribution in [2.24, 2.45) is 0 Å². The van der Waals surface area contributed by atoms with Crippen LogP contribution < -0.4 is 4.74 Å². The van der Waals surface area contributed by atoms with Crippen LogP contribution in [0.3, 0.4) is 0 Å². The first kappa shape index (κ1) is 13.9. The number of hydrogen-bond donors (Lipinski definition) is 0. The third kappa shape index (κ3) is 1.99. The third-order valence-corrected chi connectivity index (χ3v) is 5.37. The highest BCUT2D eigenvalue weighted by molar-refractivity contribution is 9.10. The Morgan fingerprint density at radius 2 is 1.67 bits per heavy atom. The number of fused-ring (bicyclic) bond motifs is 1. The maximum absolute atomic E-state index is 5.71. The number of ether oxygens (including phenoxy) is 1. The van der Waals surface area contributed by atoms with Crippen LogP contribution in [0.5, 0.6) is 5.75 Å². The minimum absolute atomic E-state index is 0.187. The molecule has 0 saturated heterocycles. The average Bonchev–Trinajstić information content (AvgIpc) is 2.27. The molecule has 18 heavy (non-hydrogen) atoms. The van der Waals surface area contributed by atoms with Crippen LogP contribution in [0.1, 0.15) is 57.2 Å². The van der Waals surface area contributed by atoms with Crippen LogP contribution in [-0.2, 0) is 10.8 Å². The monoisotopic (exact) mass is 310 g/mol. The van der Waals surface area contributed by atoms with Gasteiger partial charge in [-0.15, -0.1) is 0 Å². The molecule has 1 nitrogen and oxygen atoms in total. The van der Waals surface area contributed by atoms with E-state index in [2.05, 4.69) is 56.6 Å². The van der Waals surface area contributed by atoms with E-state index < -0.39 is 0 Å². The topological polar surface area (TPSA) is 9.23 Å². The van der Waals surface area contributed by atoms with Gasteiger partial charge in [-0.05, 0) is 57.7 Å². The van der Waals surface area contributed by atoms with Gasteiger partial charge in [-0.3, -0.25) is 0 Å². The number of methoxy groups -OCH3 is 1. The molecular formula is C16H23BrO. The molecule has 1 aromatic carbocycles. The van der Waals surface area contributed by atoms with Crippen LogP contribution >= 0.6 is 15.9 Å². The Morgan fingerprint density at radius 1 is 1.11 bits per heavy atom. The van der Waals surface area contributed by atoms with Crippen LogP contribution in [0.15, 0.2) is 10.5 Å². The first-order valence-corrected chi connectivity index (χ1v) is 7.38. The minimum atomic E-state index is 0.187. The Labute approximate surface area is 119 Å². The lowest BCUT2D eigenvalue weighted by Crippen LogP contribution is -2.34. The minimum Gasteiger partial charge on any atom is -0.495 e. The molecule has 1 aliphatic carbocycles. The van der Waals surface area contributed by atoms with E-state index in [9.17, 15) is 0 Å². The zero-order valence-electron chi connectivity index (χ0n) is 12.3. The van der Waals surface area contributed by atoms with Gasteiger partial charge in [0.15, 0.2) is 0 Å². The van der Waals surface area contributed by atoms with Crippen LogP contribution in [0.4, 0.5) is 0 Å². The summed E-state index contributed by atoms with van der Waals surface area (Å²) in [5.41, 5.74) is 4.53. The highest BCUT2D eigenvalue weighted by atomic mass is 79.9. The zero-order chi connectivity index (χ0) is 13.7. The van der Waals surface area contributed by atoms with Crippen molar-refractivity contribution in [3.8, 4) is 5.75 Å². The number of rotatable bonds is 1. The summed E-state index contributed by atoms with van der Waals surface area (Å²) >= 11 is 3.68. The van der Waals surface area contributed by atoms with E-state index >= 15 is 0 Å². The Hall–Kier alpha value is -0.500. The molecule has 1 aromatic rings. The van der Waals surface area contributed by atoms with Crippen LogP contribution in [0.25, 0.3) is 0 Å². The van der Waals surface area contributed by atoms with Crippen molar-refractivity contribution in [1.29, 1.82) is 0 Å². The second-order valence-electron chi connectivity index (χ2n) is 6.73. The summed E-state index contributed by atoms with van der Waals surface area (Å²) in [5.74, 6) is 1.03. The summed E-state index contributed by atoms with van der Waals surface area (Å²) in [5, 5.41) is 0. The fourth-order valence-electron chi connectivity index (χ4n) is 3.05. The molecule has 2 rings (SSSR count). The van der Waals surface area contributed by atoms with Gasteiger partial charge in [0.1, 0.15) is 5.75 Å². The molecule has 2 heteroatoms. The number of halogens is 1. The van der Waals surface area contributed by atoms with Crippen LogP contribution in [0.2, 0.25) is 0 Å². The molecule has 0 unspecified atom stereocenters. The highest BCUT2D eigenvalue weighted by Crippen LogP contribution is 2.52. The molecule has 0 saturated carbocycles. The van der Waals surface area contributed by atoms with Crippen molar-refractivity contribution in [1.82, 2.24) is 0 Å². The predicted molar refractivity (Wildman–Crippen MR) is 80.7 cm³/mol. The van der Waals surface area contributed by atoms with Crippen molar-refractivity contribution in [3.05, 3.63) is 27.2 Å². The fourth-order valence-corrected chi connectivity index (χ4v) is 3.52. The number of aryl methyl sites for hydroxylation is 1. The van der Waals surface area contributed by atoms with Crippen LogP contribution in [0, 0.1) is 6.92 Å². The van der Waals surface area contributed by atoms with Gasteiger partial charge in [0.05, 0.1) is 11.6 Å². The molecule has 0 N–H and O–H groups in total. The molecule has 0 radical (unpaired) electrons. The van der Waals surface area contributed by atoms with Crippen molar-refractivity contribution in [3.63, 3.8) is 0 Å². The van der Waals surface area contributed by atoms with Gasteiger partial charge in [0.2, 0.25) is 0 Å². The smallest absolute Gasteiger partial charge is 0.137 e. The van der Waals surface area contributed by atoms with E-state index in [-0.39, 0.29) is 10.8 Å². The van der Waals surface area contributed by atoms with E-state index in [4.69, 9.17) is 4.74 Å². The van der Waals surface area contributed by atoms with Crippen molar-refractivity contribution >= 4 is 15.9 Å². The Morgan fingerprint density at radius 3 is 2.22 bits per heavy atom. The Bertz CT molecular complexity index is 486. The molecular weight excluding hydrogens is 288 g/mol. The van der Waals surface area contributed by atoms with E-state index in [1.807, 2.05) is 0 Å². The molecule has 0 atom stereocenters. The fraction of sp³-hybridized carbons (Fsp3) is 0.625. The maximum Gasteiger partial charge on any atom is 0.137 e. The average molecular weight is 311 g/mol. The molecule has 0 spiro atoms. The Balaban J connectivity index is 2.83. The summed E-state index contributed by atoms with van der Waals surface area (Å²) < 4.78 is 6.81. The summed E-state index contributed by atoms with van der Waals surface area (Å²) in [4.78, 5) is 0. The van der Waals surface area contributed by atoms with Crippen molar-refractivity contribution in [2.75, 3.05) is 7.11 Å². The summed E-state index contributed by atoms with van der Waals surface area (Å²) in [6.07, 6.45) is 2.44. The Kier molecular flexibility index (Phi) is 3.30. The summed E-state index contributed by atoms with van der Waals surface area (Å²) in [6.45, 7) is 11.5. The lowest BCUT2D eigenvalue weighted by Gasteiger charge is -2.43. The van der Waals surface area contributed by atoms with Crippen LogP contribution in [-0.4, -0.2) is 7.11 Å². The highest BCUT2D eigenvalue weighted by Gasteiger charge is 2.40. The largest absolute Gasteiger partial charge is 0.495 e. The third-order valence-electron chi connectivity index (χ3n) is 4.39. The summed E-state index contributed by atoms with van der Waals surface area (Å²) in [7, 11) is 1.78. The van der Waals surface area contributed by atoms with E-state index in [0.29, 0.717) is 0 Å². The standard InChI is InChI=1S/C16H23BrO/c1-10-9-11-12(14(18-6)13(10)17)16(4,5)8-7-15(11,2)3/h9H,7-8H2,1-6H3. The van der Waals surface area contributed by atoms with E-state index in [0.717, 1.165) is 10.2 Å². The normalized spacial score (nSPS) is 20.4. The predicted octanol–water partition coefficient (Wildman–Crippen LogP) is 5.12. The summed E-state index contributed by atoms with van der Waals surface area (Å²) in [6, 6.07) is 2.34. The second kappa shape index (κ2) is 4.26. The van der Waals surface area contributed by atoms with Gasteiger partial charge < -0.3 is 4.74 Å². The van der Waals surface area contributed by atoms with E-state index in [1.165, 1.54) is 29.5 Å². The lowest BCUT2D eigenvalue weighted by atomic mass is 9.62. The molecule has 0 heterocycles. The van der Waals surface area contributed by atoms with Gasteiger partial charge in [0.25, 0.3) is 0 Å². The maximum atomic E-state index is 5.71. The number of hydrogen-bond acceptors (Lipinski definition) is 1. The van der Waals surface area contributed by atoms with Gasteiger partial charge in [-0.2, -0.15) is 0 Å². The van der Waals surface area contributed by atoms with Gasteiger partial charge in [0, 0.05) is 5.56 Å². The van der Waals surface area contributed by atoms with Gasteiger partial charge in [-0.25, -0.2) is 0 Å². The lowest BCUT2D eigenvalue weighted by molar-refractivity contribution is 0.311. The first-order chi connectivity index (χ1) is 8.20.